The molecule has 0 unspecified atom stereocenters. The van der Waals surface area contributed by atoms with Crippen LogP contribution in [-0.4, -0.2) is 60.0 Å². The number of benzene rings is 1. The smallest absolute Gasteiger partial charge is 0.290 e. The van der Waals surface area contributed by atoms with E-state index in [1.807, 2.05) is 4.90 Å². The Hall–Kier alpha value is -2.83. The number of piperazine rings is 1. The molecule has 0 aliphatic carbocycles. The maximum absolute atomic E-state index is 13.1. The first-order valence-electron chi connectivity index (χ1n) is 8.91. The summed E-state index contributed by atoms with van der Waals surface area (Å²) in [4.78, 5) is 33.7. The number of imide groups is 1. The van der Waals surface area contributed by atoms with Crippen molar-refractivity contribution in [2.24, 2.45) is 0 Å². The minimum atomic E-state index is -3.71. The molecule has 2 fully saturated rings. The molecular weight excluding hydrogens is 433 g/mol. The van der Waals surface area contributed by atoms with E-state index in [4.69, 9.17) is 0 Å². The molecular formula is C18H16FN5O4S2. The minimum Gasteiger partial charge on any atom is -0.338 e. The average Bonchev–Trinajstić information content (AvgIpc) is 3.05. The second-order valence-electron chi connectivity index (χ2n) is 6.48. The molecule has 2 aromatic rings. The number of anilines is 1. The lowest BCUT2D eigenvalue weighted by atomic mass is 10.3. The zero-order valence-electron chi connectivity index (χ0n) is 15.5. The van der Waals surface area contributed by atoms with Crippen LogP contribution in [-0.2, 0) is 14.8 Å². The van der Waals surface area contributed by atoms with E-state index in [-0.39, 0.29) is 22.9 Å². The first-order valence-corrected chi connectivity index (χ1v) is 11.2. The Morgan fingerprint density at radius 2 is 1.77 bits per heavy atom. The lowest BCUT2D eigenvalue weighted by Gasteiger charge is -2.34. The third kappa shape index (κ3) is 4.20. The van der Waals surface area contributed by atoms with Gasteiger partial charge in [-0.3, -0.25) is 14.9 Å². The van der Waals surface area contributed by atoms with E-state index in [0.717, 1.165) is 23.9 Å². The van der Waals surface area contributed by atoms with Crippen LogP contribution in [0.25, 0.3) is 6.08 Å². The van der Waals surface area contributed by atoms with E-state index >= 15 is 0 Å². The van der Waals surface area contributed by atoms with E-state index in [0.29, 0.717) is 24.7 Å². The molecule has 30 heavy (non-hydrogen) atoms. The second kappa shape index (κ2) is 8.13. The number of rotatable bonds is 4. The van der Waals surface area contributed by atoms with Crippen LogP contribution in [0, 0.1) is 5.82 Å². The van der Waals surface area contributed by atoms with Gasteiger partial charge >= 0.3 is 0 Å². The van der Waals surface area contributed by atoms with Crippen molar-refractivity contribution in [1.29, 1.82) is 0 Å². The molecule has 0 saturated carbocycles. The van der Waals surface area contributed by atoms with Crippen LogP contribution in [0.4, 0.5) is 15.1 Å². The third-order valence-electron chi connectivity index (χ3n) is 4.56. The van der Waals surface area contributed by atoms with Crippen LogP contribution in [0.2, 0.25) is 0 Å². The molecule has 2 aliphatic rings. The molecule has 0 spiro atoms. The number of hydrogen-bond acceptors (Lipinski definition) is 8. The molecule has 2 amide bonds. The van der Waals surface area contributed by atoms with Gasteiger partial charge in [0.2, 0.25) is 16.0 Å². The van der Waals surface area contributed by atoms with Crippen LogP contribution in [0.3, 0.4) is 0 Å². The van der Waals surface area contributed by atoms with Gasteiger partial charge in [0, 0.05) is 32.4 Å². The molecule has 2 saturated heterocycles. The number of nitrogens with zero attached hydrogens (tertiary/aromatic N) is 4. The van der Waals surface area contributed by atoms with Crippen molar-refractivity contribution >= 4 is 45.0 Å². The number of nitrogens with one attached hydrogen (secondary N) is 1. The van der Waals surface area contributed by atoms with E-state index < -0.39 is 27.0 Å². The van der Waals surface area contributed by atoms with Crippen molar-refractivity contribution in [1.82, 2.24) is 19.6 Å². The van der Waals surface area contributed by atoms with Crippen LogP contribution in [0.5, 0.6) is 0 Å². The highest BCUT2D eigenvalue weighted by Crippen LogP contribution is 2.25. The number of carbonyl (C=O) groups is 2. The summed E-state index contributed by atoms with van der Waals surface area (Å²) in [6.45, 7) is 1.19. The molecule has 1 aromatic heterocycles. The summed E-state index contributed by atoms with van der Waals surface area (Å²) < 4.78 is 39.9. The molecule has 3 heterocycles. The van der Waals surface area contributed by atoms with Gasteiger partial charge in [0.15, 0.2) is 0 Å². The summed E-state index contributed by atoms with van der Waals surface area (Å²) in [6.07, 6.45) is 3.04. The Morgan fingerprint density at radius 1 is 1.07 bits per heavy atom. The van der Waals surface area contributed by atoms with Crippen LogP contribution >= 0.6 is 11.8 Å². The first-order chi connectivity index (χ1) is 14.3. The maximum Gasteiger partial charge on any atom is 0.290 e. The van der Waals surface area contributed by atoms with E-state index in [1.54, 1.807) is 6.07 Å². The summed E-state index contributed by atoms with van der Waals surface area (Å²) in [6, 6.07) is 6.35. The number of thioether (sulfide) groups is 1. The van der Waals surface area contributed by atoms with Gasteiger partial charge in [-0.25, -0.2) is 22.8 Å². The molecule has 1 N–H and O–H groups in total. The molecule has 0 radical (unpaired) electrons. The number of halogens is 1. The predicted octanol–water partition coefficient (Wildman–Crippen LogP) is 1.45. The largest absolute Gasteiger partial charge is 0.338 e. The van der Waals surface area contributed by atoms with Crippen molar-refractivity contribution in [3.05, 3.63) is 52.9 Å². The van der Waals surface area contributed by atoms with Crippen molar-refractivity contribution in [3.63, 3.8) is 0 Å². The average molecular weight is 449 g/mol. The number of sulfonamides is 1. The summed E-state index contributed by atoms with van der Waals surface area (Å²) in [5, 5.41) is 1.75. The van der Waals surface area contributed by atoms with Crippen LogP contribution in [0.1, 0.15) is 5.69 Å². The summed E-state index contributed by atoms with van der Waals surface area (Å²) in [7, 11) is -3.71. The highest BCUT2D eigenvalue weighted by Gasteiger charge is 2.29. The maximum atomic E-state index is 13.1. The summed E-state index contributed by atoms with van der Waals surface area (Å²) in [5.74, 6) is -0.564. The number of amides is 2. The van der Waals surface area contributed by atoms with Crippen molar-refractivity contribution < 1.29 is 22.4 Å². The zero-order valence-corrected chi connectivity index (χ0v) is 17.1. The molecule has 0 bridgehead atoms. The molecule has 9 nitrogen and oxygen atoms in total. The predicted molar refractivity (Wildman–Crippen MR) is 109 cm³/mol. The van der Waals surface area contributed by atoms with Gasteiger partial charge in [-0.05, 0) is 48.2 Å². The number of carbonyl (C=O) groups excluding carboxylic acids is 2. The van der Waals surface area contributed by atoms with Gasteiger partial charge in [0.1, 0.15) is 5.82 Å². The highest BCUT2D eigenvalue weighted by atomic mass is 32.2. The molecule has 2 aliphatic heterocycles. The molecule has 4 rings (SSSR count). The van der Waals surface area contributed by atoms with Gasteiger partial charge in [0.05, 0.1) is 15.5 Å². The fourth-order valence-corrected chi connectivity index (χ4v) is 5.12. The van der Waals surface area contributed by atoms with E-state index in [9.17, 15) is 22.4 Å². The van der Waals surface area contributed by atoms with Gasteiger partial charge in [-0.2, -0.15) is 4.31 Å². The van der Waals surface area contributed by atoms with E-state index in [1.165, 1.54) is 28.7 Å². The monoisotopic (exact) mass is 449 g/mol. The van der Waals surface area contributed by atoms with Crippen LogP contribution in [0.15, 0.2) is 46.3 Å². The summed E-state index contributed by atoms with van der Waals surface area (Å²) >= 11 is 0.802. The Labute approximate surface area is 176 Å². The summed E-state index contributed by atoms with van der Waals surface area (Å²) in [5.41, 5.74) is 0.466. The Bertz CT molecular complexity index is 1130. The lowest BCUT2D eigenvalue weighted by molar-refractivity contribution is -0.115. The molecule has 156 valence electrons. The van der Waals surface area contributed by atoms with E-state index in [2.05, 4.69) is 15.3 Å². The van der Waals surface area contributed by atoms with Gasteiger partial charge in [-0.15, -0.1) is 0 Å². The third-order valence-corrected chi connectivity index (χ3v) is 7.28. The zero-order chi connectivity index (χ0) is 21.3. The number of aromatic nitrogens is 2. The topological polar surface area (TPSA) is 113 Å². The number of hydrogen-bond donors (Lipinski definition) is 1. The Kier molecular flexibility index (Phi) is 5.54. The van der Waals surface area contributed by atoms with Gasteiger partial charge in [-0.1, -0.05) is 0 Å². The first kappa shape index (κ1) is 20.4. The minimum absolute atomic E-state index is 0.0455. The van der Waals surface area contributed by atoms with Crippen molar-refractivity contribution in [2.75, 3.05) is 31.1 Å². The lowest BCUT2D eigenvalue weighted by Crippen LogP contribution is -2.49. The molecule has 1 aromatic carbocycles. The fourth-order valence-electron chi connectivity index (χ4n) is 3.03. The Morgan fingerprint density at radius 3 is 2.40 bits per heavy atom. The molecule has 12 heteroatoms. The Balaban J connectivity index is 1.46. The highest BCUT2D eigenvalue weighted by molar-refractivity contribution is 8.18. The van der Waals surface area contributed by atoms with Gasteiger partial charge < -0.3 is 4.90 Å². The standard InChI is InChI=1S/C18H16FN5O4S2/c19-12-1-3-14(4-2-12)30(27,28)24-9-7-23(8-10-24)17-20-6-5-13(21-17)11-15-16(25)22-18(26)29-15/h1-6,11H,7-10H2,(H,22,25,26)/b15-11+. The fraction of sp³-hybridized carbons (Fsp3) is 0.222. The van der Waals surface area contributed by atoms with Crippen LogP contribution < -0.4 is 10.2 Å². The normalized spacial score (nSPS) is 19.4. The molecule has 0 atom stereocenters. The SMILES string of the molecule is O=C1NC(=O)/C(=C\c2ccnc(N3CCN(S(=O)(=O)c4ccc(F)cc4)CC3)n2)S1. The van der Waals surface area contributed by atoms with Crippen molar-refractivity contribution in [2.45, 2.75) is 4.90 Å². The second-order valence-corrected chi connectivity index (χ2v) is 9.43. The van der Waals surface area contributed by atoms with Gasteiger partial charge in [0.25, 0.3) is 11.1 Å². The van der Waals surface area contributed by atoms with Crippen molar-refractivity contribution in [3.8, 4) is 0 Å². The quantitative estimate of drug-likeness (QED) is 0.698.